The molecular formula is C28H29N5O2. The number of nitrogens with one attached hydrogen (secondary N) is 2. The first kappa shape index (κ1) is 22.7. The van der Waals surface area contributed by atoms with Crippen LogP contribution >= 0.6 is 0 Å². The van der Waals surface area contributed by atoms with Crippen LogP contribution in [0, 0.1) is 13.8 Å². The third-order valence-corrected chi connectivity index (χ3v) is 6.50. The lowest BCUT2D eigenvalue weighted by atomic mass is 9.95. The number of benzene rings is 2. The molecule has 1 aliphatic rings. The van der Waals surface area contributed by atoms with Crippen molar-refractivity contribution < 1.29 is 9.59 Å². The van der Waals surface area contributed by atoms with Crippen LogP contribution in [-0.2, 0) is 13.1 Å². The molecule has 2 N–H and O–H groups in total. The number of aryl methyl sites for hydroxylation is 2. The van der Waals surface area contributed by atoms with Crippen molar-refractivity contribution in [2.45, 2.75) is 39.8 Å². The van der Waals surface area contributed by atoms with Gasteiger partial charge in [0.25, 0.3) is 11.8 Å². The van der Waals surface area contributed by atoms with Crippen LogP contribution in [0.3, 0.4) is 0 Å². The van der Waals surface area contributed by atoms with Gasteiger partial charge >= 0.3 is 0 Å². The first-order chi connectivity index (χ1) is 16.9. The predicted molar refractivity (Wildman–Crippen MR) is 136 cm³/mol. The molecule has 1 atom stereocenters. The topological polar surface area (TPSA) is 83.0 Å². The Bertz CT molecular complexity index is 1350. The first-order valence-electron chi connectivity index (χ1n) is 11.8. The van der Waals surface area contributed by atoms with Crippen molar-refractivity contribution in [1.82, 2.24) is 19.7 Å². The van der Waals surface area contributed by atoms with E-state index in [9.17, 15) is 9.59 Å². The molecule has 35 heavy (non-hydrogen) atoms. The fraction of sp³-hybridized carbons (Fsp3) is 0.250. The van der Waals surface area contributed by atoms with E-state index in [0.29, 0.717) is 36.7 Å². The van der Waals surface area contributed by atoms with E-state index in [1.807, 2.05) is 41.9 Å². The van der Waals surface area contributed by atoms with Gasteiger partial charge in [0.05, 0.1) is 13.1 Å². The summed E-state index contributed by atoms with van der Waals surface area (Å²) in [6.07, 6.45) is 1.74. The van der Waals surface area contributed by atoms with Crippen molar-refractivity contribution in [1.29, 1.82) is 0 Å². The van der Waals surface area contributed by atoms with Crippen LogP contribution in [0.1, 0.15) is 61.8 Å². The van der Waals surface area contributed by atoms with Crippen LogP contribution in [0.25, 0.3) is 0 Å². The average Bonchev–Trinajstić information content (AvgIpc) is 3.50. The summed E-state index contributed by atoms with van der Waals surface area (Å²) in [5.41, 5.74) is 6.86. The zero-order chi connectivity index (χ0) is 24.5. The van der Waals surface area contributed by atoms with Crippen molar-refractivity contribution in [3.8, 4) is 0 Å². The molecule has 2 aromatic carbocycles. The van der Waals surface area contributed by atoms with E-state index in [4.69, 9.17) is 5.10 Å². The Morgan fingerprint density at radius 3 is 2.37 bits per heavy atom. The summed E-state index contributed by atoms with van der Waals surface area (Å²) >= 11 is 0. The second kappa shape index (κ2) is 9.25. The molecular weight excluding hydrogens is 438 g/mol. The van der Waals surface area contributed by atoms with Crippen LogP contribution in [-0.4, -0.2) is 38.0 Å². The molecule has 0 saturated carbocycles. The zero-order valence-corrected chi connectivity index (χ0v) is 20.2. The minimum Gasteiger partial charge on any atom is -0.357 e. The number of hydrogen-bond donors (Lipinski definition) is 2. The molecule has 2 amide bonds. The maximum absolute atomic E-state index is 13.4. The summed E-state index contributed by atoms with van der Waals surface area (Å²) in [5.74, 6) is -0.325. The van der Waals surface area contributed by atoms with Gasteiger partial charge < -0.3 is 15.2 Å². The first-order valence-corrected chi connectivity index (χ1v) is 11.8. The lowest BCUT2D eigenvalue weighted by Gasteiger charge is -2.32. The van der Waals surface area contributed by atoms with Crippen LogP contribution in [0.15, 0.2) is 66.9 Å². The number of rotatable bonds is 5. The van der Waals surface area contributed by atoms with Gasteiger partial charge in [0.2, 0.25) is 0 Å². The fourth-order valence-electron chi connectivity index (χ4n) is 4.68. The van der Waals surface area contributed by atoms with Crippen molar-refractivity contribution in [3.05, 3.63) is 106 Å². The average molecular weight is 468 g/mol. The Kier molecular flexibility index (Phi) is 5.99. The van der Waals surface area contributed by atoms with Gasteiger partial charge in [0.15, 0.2) is 5.69 Å². The summed E-state index contributed by atoms with van der Waals surface area (Å²) in [6.45, 7) is 7.61. The monoisotopic (exact) mass is 467 g/mol. The fourth-order valence-corrected chi connectivity index (χ4v) is 4.68. The van der Waals surface area contributed by atoms with Gasteiger partial charge in [-0.05, 0) is 43.7 Å². The summed E-state index contributed by atoms with van der Waals surface area (Å²) in [4.78, 5) is 31.3. The van der Waals surface area contributed by atoms with E-state index in [-0.39, 0.29) is 17.7 Å². The SMILES string of the molecule is Cc1ccc(Cn2nc(C(=O)Nc3ccc(C)cc3)c3c2[C@H](C)CN(C(=O)c2ccc[nH]2)C3)cc1. The molecule has 4 aromatic rings. The van der Waals surface area contributed by atoms with Gasteiger partial charge in [-0.2, -0.15) is 5.10 Å². The number of aromatic nitrogens is 3. The number of anilines is 1. The second-order valence-corrected chi connectivity index (χ2v) is 9.35. The van der Waals surface area contributed by atoms with Crippen molar-refractivity contribution >= 4 is 17.5 Å². The van der Waals surface area contributed by atoms with Crippen LogP contribution in [0.5, 0.6) is 0 Å². The lowest BCUT2D eigenvalue weighted by molar-refractivity contribution is 0.0711. The van der Waals surface area contributed by atoms with E-state index in [1.54, 1.807) is 17.2 Å². The van der Waals surface area contributed by atoms with E-state index < -0.39 is 0 Å². The summed E-state index contributed by atoms with van der Waals surface area (Å²) < 4.78 is 1.94. The number of carbonyl (C=O) groups excluding carboxylic acids is 2. The zero-order valence-electron chi connectivity index (χ0n) is 20.2. The molecule has 5 rings (SSSR count). The van der Waals surface area contributed by atoms with Gasteiger partial charge in [-0.1, -0.05) is 54.4 Å². The highest BCUT2D eigenvalue weighted by Crippen LogP contribution is 2.32. The number of carbonyl (C=O) groups is 2. The van der Waals surface area contributed by atoms with Gasteiger partial charge in [-0.3, -0.25) is 14.3 Å². The van der Waals surface area contributed by atoms with Crippen LogP contribution < -0.4 is 5.32 Å². The van der Waals surface area contributed by atoms with Gasteiger partial charge in [0, 0.05) is 35.6 Å². The third-order valence-electron chi connectivity index (χ3n) is 6.50. The van der Waals surface area contributed by atoms with E-state index in [2.05, 4.69) is 48.4 Å². The molecule has 0 aliphatic carbocycles. The van der Waals surface area contributed by atoms with Gasteiger partial charge in [-0.25, -0.2) is 0 Å². The Labute approximate surface area is 204 Å². The highest BCUT2D eigenvalue weighted by Gasteiger charge is 2.34. The molecule has 0 saturated heterocycles. The third kappa shape index (κ3) is 4.62. The maximum atomic E-state index is 13.4. The van der Waals surface area contributed by atoms with Crippen LogP contribution in [0.2, 0.25) is 0 Å². The maximum Gasteiger partial charge on any atom is 0.276 e. The number of amides is 2. The second-order valence-electron chi connectivity index (χ2n) is 9.35. The van der Waals surface area contributed by atoms with Gasteiger partial charge in [-0.15, -0.1) is 0 Å². The highest BCUT2D eigenvalue weighted by molar-refractivity contribution is 6.04. The number of aromatic amines is 1. The predicted octanol–water partition coefficient (Wildman–Crippen LogP) is 4.89. The molecule has 7 heteroatoms. The Hall–Kier alpha value is -4.13. The number of nitrogens with zero attached hydrogens (tertiary/aromatic N) is 3. The molecule has 0 unspecified atom stereocenters. The molecule has 3 heterocycles. The van der Waals surface area contributed by atoms with Crippen LogP contribution in [0.4, 0.5) is 5.69 Å². The van der Waals surface area contributed by atoms with E-state index in [1.165, 1.54) is 5.56 Å². The largest absolute Gasteiger partial charge is 0.357 e. The molecule has 178 valence electrons. The van der Waals surface area contributed by atoms with Crippen molar-refractivity contribution in [2.75, 3.05) is 11.9 Å². The van der Waals surface area contributed by atoms with Crippen molar-refractivity contribution in [3.63, 3.8) is 0 Å². The molecule has 7 nitrogen and oxygen atoms in total. The Morgan fingerprint density at radius 1 is 1.03 bits per heavy atom. The van der Waals surface area contributed by atoms with E-state index in [0.717, 1.165) is 22.4 Å². The molecule has 0 bridgehead atoms. The minimum absolute atomic E-state index is 0.0246. The molecule has 2 aromatic heterocycles. The number of hydrogen-bond acceptors (Lipinski definition) is 3. The van der Waals surface area contributed by atoms with Crippen molar-refractivity contribution in [2.24, 2.45) is 0 Å². The number of H-pyrrole nitrogens is 1. The minimum atomic E-state index is -0.269. The normalized spacial score (nSPS) is 15.1. The summed E-state index contributed by atoms with van der Waals surface area (Å²) in [6, 6.07) is 19.6. The molecule has 0 fully saturated rings. The quantitative estimate of drug-likeness (QED) is 0.438. The van der Waals surface area contributed by atoms with Gasteiger partial charge in [0.1, 0.15) is 5.69 Å². The summed E-state index contributed by atoms with van der Waals surface area (Å²) in [5, 5.41) is 7.77. The smallest absolute Gasteiger partial charge is 0.276 e. The summed E-state index contributed by atoms with van der Waals surface area (Å²) in [7, 11) is 0. The lowest BCUT2D eigenvalue weighted by Crippen LogP contribution is -2.38. The highest BCUT2D eigenvalue weighted by atomic mass is 16.2. The van der Waals surface area contributed by atoms with E-state index >= 15 is 0 Å². The Morgan fingerprint density at radius 2 is 1.71 bits per heavy atom. The standard InChI is InChI=1S/C28H29N5O2/c1-18-6-10-21(11-7-18)16-33-26-20(3)15-32(28(35)24-5-4-14-29-24)17-23(26)25(31-33)27(34)30-22-12-8-19(2)9-13-22/h4-14,20,29H,15-17H2,1-3H3,(H,30,34)/t20-/m1/s1. The number of fused-ring (bicyclic) bond motifs is 1. The molecule has 0 spiro atoms. The molecule has 1 aliphatic heterocycles. The Balaban J connectivity index is 1.51. The molecule has 0 radical (unpaired) electrons.